The molecule has 1 saturated heterocycles. The van der Waals surface area contributed by atoms with Crippen LogP contribution in [0.25, 0.3) is 0 Å². The third-order valence-corrected chi connectivity index (χ3v) is 5.68. The van der Waals surface area contributed by atoms with E-state index in [1.165, 1.54) is 17.5 Å². The smallest absolute Gasteiger partial charge is 0.233 e. The Labute approximate surface area is 146 Å². The highest BCUT2D eigenvalue weighted by Gasteiger charge is 2.44. The Hall–Kier alpha value is -1.06. The lowest BCUT2D eigenvalue weighted by atomic mass is 9.67. The molecule has 3 rings (SSSR count). The molecule has 4 heteroatoms. The van der Waals surface area contributed by atoms with Crippen LogP contribution >= 0.6 is 12.4 Å². The van der Waals surface area contributed by atoms with Crippen molar-refractivity contribution in [1.82, 2.24) is 10.2 Å². The lowest BCUT2D eigenvalue weighted by Gasteiger charge is -2.41. The molecular weight excluding hydrogens is 308 g/mol. The van der Waals surface area contributed by atoms with Gasteiger partial charge in [0.2, 0.25) is 5.91 Å². The van der Waals surface area contributed by atoms with Gasteiger partial charge in [-0.05, 0) is 43.9 Å². The van der Waals surface area contributed by atoms with Crippen molar-refractivity contribution in [2.45, 2.75) is 56.9 Å². The summed E-state index contributed by atoms with van der Waals surface area (Å²) in [5, 5.41) is 3.38. The molecule has 1 saturated carbocycles. The number of likely N-dealkylation sites (N-methyl/N-ethyl adjacent to an activating group) is 1. The maximum absolute atomic E-state index is 13.5. The highest BCUT2D eigenvalue weighted by Crippen LogP contribution is 2.42. The Balaban J connectivity index is 0.00000192. The third kappa shape index (κ3) is 3.41. The molecule has 0 radical (unpaired) electrons. The number of carbonyl (C=O) groups is 1. The van der Waals surface area contributed by atoms with Crippen LogP contribution in [0, 0.1) is 6.92 Å². The second-order valence-corrected chi connectivity index (χ2v) is 7.02. The summed E-state index contributed by atoms with van der Waals surface area (Å²) >= 11 is 0. The number of aryl methyl sites for hydroxylation is 1. The first-order valence-corrected chi connectivity index (χ1v) is 8.69. The molecular formula is C19H29ClN2O. The van der Waals surface area contributed by atoms with Crippen molar-refractivity contribution in [2.24, 2.45) is 0 Å². The summed E-state index contributed by atoms with van der Waals surface area (Å²) in [5.74, 6) is 0.343. The van der Waals surface area contributed by atoms with Gasteiger partial charge in [0.05, 0.1) is 5.41 Å². The van der Waals surface area contributed by atoms with Gasteiger partial charge in [-0.2, -0.15) is 0 Å². The molecule has 3 nitrogen and oxygen atoms in total. The maximum Gasteiger partial charge on any atom is 0.233 e. The number of carbonyl (C=O) groups excluding carboxylic acids is 1. The molecule has 1 atom stereocenters. The lowest BCUT2D eigenvalue weighted by Crippen LogP contribution is -2.51. The first kappa shape index (κ1) is 18.3. The number of amides is 1. The van der Waals surface area contributed by atoms with E-state index in [-0.39, 0.29) is 17.8 Å². The Morgan fingerprint density at radius 2 is 1.91 bits per heavy atom. The molecule has 0 aromatic heterocycles. The van der Waals surface area contributed by atoms with Crippen LogP contribution in [0.5, 0.6) is 0 Å². The summed E-state index contributed by atoms with van der Waals surface area (Å²) in [4.78, 5) is 15.5. The quantitative estimate of drug-likeness (QED) is 0.917. The molecule has 1 aromatic rings. The van der Waals surface area contributed by atoms with E-state index >= 15 is 0 Å². The molecule has 1 unspecified atom stereocenters. The predicted molar refractivity (Wildman–Crippen MR) is 97.2 cm³/mol. The highest BCUT2D eigenvalue weighted by molar-refractivity contribution is 5.89. The van der Waals surface area contributed by atoms with Gasteiger partial charge in [-0.15, -0.1) is 12.4 Å². The van der Waals surface area contributed by atoms with Crippen molar-refractivity contribution < 1.29 is 4.79 Å². The number of nitrogens with one attached hydrogen (secondary N) is 1. The molecule has 1 aliphatic carbocycles. The van der Waals surface area contributed by atoms with Gasteiger partial charge in [0.25, 0.3) is 0 Å². The van der Waals surface area contributed by atoms with Gasteiger partial charge < -0.3 is 10.2 Å². The first-order valence-electron chi connectivity index (χ1n) is 8.69. The third-order valence-electron chi connectivity index (χ3n) is 5.68. The average Bonchev–Trinajstić information content (AvgIpc) is 3.09. The molecule has 23 heavy (non-hydrogen) atoms. The molecule has 1 aromatic carbocycles. The maximum atomic E-state index is 13.5. The summed E-state index contributed by atoms with van der Waals surface area (Å²) in [7, 11) is 2.01. The summed E-state index contributed by atoms with van der Waals surface area (Å²) < 4.78 is 0. The second-order valence-electron chi connectivity index (χ2n) is 7.02. The first-order chi connectivity index (χ1) is 10.6. The van der Waals surface area contributed by atoms with Gasteiger partial charge in [0.1, 0.15) is 0 Å². The van der Waals surface area contributed by atoms with Crippen LogP contribution in [0.2, 0.25) is 0 Å². The molecule has 128 valence electrons. The number of hydrogen-bond donors (Lipinski definition) is 1. The Bertz CT molecular complexity index is 534. The van der Waals surface area contributed by atoms with E-state index in [2.05, 4.69) is 36.5 Å². The summed E-state index contributed by atoms with van der Waals surface area (Å²) in [5.41, 5.74) is 2.23. The van der Waals surface area contributed by atoms with Crippen molar-refractivity contribution in [3.8, 4) is 0 Å². The Morgan fingerprint density at radius 1 is 1.22 bits per heavy atom. The monoisotopic (exact) mass is 336 g/mol. The van der Waals surface area contributed by atoms with Crippen LogP contribution in [0.15, 0.2) is 24.3 Å². The number of halogens is 1. The molecule has 2 fully saturated rings. The van der Waals surface area contributed by atoms with E-state index in [0.29, 0.717) is 11.9 Å². The molecule has 1 amide bonds. The van der Waals surface area contributed by atoms with Crippen LogP contribution in [-0.4, -0.2) is 37.0 Å². The van der Waals surface area contributed by atoms with E-state index in [1.807, 2.05) is 11.9 Å². The van der Waals surface area contributed by atoms with E-state index < -0.39 is 0 Å². The van der Waals surface area contributed by atoms with Crippen LogP contribution in [-0.2, 0) is 10.2 Å². The van der Waals surface area contributed by atoms with Gasteiger partial charge in [-0.3, -0.25) is 4.79 Å². The fourth-order valence-electron chi connectivity index (χ4n) is 4.34. The van der Waals surface area contributed by atoms with Crippen molar-refractivity contribution >= 4 is 18.3 Å². The molecule has 1 N–H and O–H groups in total. The Morgan fingerprint density at radius 3 is 2.52 bits per heavy atom. The minimum absolute atomic E-state index is 0. The van der Waals surface area contributed by atoms with Gasteiger partial charge in [0.15, 0.2) is 0 Å². The number of rotatable bonds is 3. The van der Waals surface area contributed by atoms with E-state index in [0.717, 1.165) is 45.2 Å². The number of hydrogen-bond acceptors (Lipinski definition) is 2. The molecule has 0 spiro atoms. The van der Waals surface area contributed by atoms with Gasteiger partial charge in [-0.25, -0.2) is 0 Å². The van der Waals surface area contributed by atoms with Crippen LogP contribution in [0.1, 0.15) is 49.7 Å². The summed E-state index contributed by atoms with van der Waals surface area (Å²) in [6, 6.07) is 8.85. The van der Waals surface area contributed by atoms with Crippen LogP contribution in [0.4, 0.5) is 0 Å². The van der Waals surface area contributed by atoms with Crippen LogP contribution < -0.4 is 5.32 Å². The summed E-state index contributed by atoms with van der Waals surface area (Å²) in [6.07, 6.45) is 6.66. The normalized spacial score (nSPS) is 23.1. The second kappa shape index (κ2) is 7.67. The van der Waals surface area contributed by atoms with Gasteiger partial charge in [-0.1, -0.05) is 43.5 Å². The standard InChI is InChI=1S/C19H28N2O.ClH/c1-15-8-4-5-9-17(15)19(11-6-3-7-12-19)18(22)21(2)16-10-13-20-14-16;/h4-5,8-9,16,20H,3,6-7,10-14H2,1-2H3;1H. The zero-order valence-electron chi connectivity index (χ0n) is 14.3. The highest BCUT2D eigenvalue weighted by atomic mass is 35.5. The minimum Gasteiger partial charge on any atom is -0.341 e. The fourth-order valence-corrected chi connectivity index (χ4v) is 4.34. The van der Waals surface area contributed by atoms with E-state index in [1.54, 1.807) is 0 Å². The zero-order chi connectivity index (χ0) is 15.6. The Kier molecular flexibility index (Phi) is 6.10. The number of benzene rings is 1. The zero-order valence-corrected chi connectivity index (χ0v) is 15.1. The van der Waals surface area contributed by atoms with Crippen molar-refractivity contribution in [1.29, 1.82) is 0 Å². The summed E-state index contributed by atoms with van der Waals surface area (Å²) in [6.45, 7) is 4.11. The average molecular weight is 337 g/mol. The largest absolute Gasteiger partial charge is 0.341 e. The van der Waals surface area contributed by atoms with Gasteiger partial charge >= 0.3 is 0 Å². The fraction of sp³-hybridized carbons (Fsp3) is 0.632. The van der Waals surface area contributed by atoms with Crippen molar-refractivity contribution in [3.05, 3.63) is 35.4 Å². The van der Waals surface area contributed by atoms with Crippen LogP contribution in [0.3, 0.4) is 0 Å². The topological polar surface area (TPSA) is 32.3 Å². The van der Waals surface area contributed by atoms with E-state index in [9.17, 15) is 4.79 Å². The van der Waals surface area contributed by atoms with Crippen molar-refractivity contribution in [2.75, 3.05) is 20.1 Å². The SMILES string of the molecule is Cc1ccccc1C1(C(=O)N(C)C2CCNC2)CCCCC1.Cl. The lowest BCUT2D eigenvalue weighted by molar-refractivity contribution is -0.139. The van der Waals surface area contributed by atoms with Gasteiger partial charge in [0, 0.05) is 19.6 Å². The molecule has 1 aliphatic heterocycles. The minimum atomic E-state index is -0.291. The number of nitrogens with zero attached hydrogens (tertiary/aromatic N) is 1. The molecule has 2 aliphatic rings. The predicted octanol–water partition coefficient (Wildman–Crippen LogP) is 3.44. The molecule has 1 heterocycles. The van der Waals surface area contributed by atoms with E-state index in [4.69, 9.17) is 0 Å². The molecule has 0 bridgehead atoms. The van der Waals surface area contributed by atoms with Crippen molar-refractivity contribution in [3.63, 3.8) is 0 Å².